The molecule has 0 aromatic heterocycles. The maximum atomic E-state index is 11.6. The molecule has 86 valence electrons. The van der Waals surface area contributed by atoms with Crippen LogP contribution in [0.5, 0.6) is 0 Å². The lowest BCUT2D eigenvalue weighted by Crippen LogP contribution is -2.25. The highest BCUT2D eigenvalue weighted by Gasteiger charge is 2.05. The molecule has 16 heavy (non-hydrogen) atoms. The summed E-state index contributed by atoms with van der Waals surface area (Å²) in [6.45, 7) is 1.94. The fourth-order valence-corrected chi connectivity index (χ4v) is 1.32. The lowest BCUT2D eigenvalue weighted by molar-refractivity contribution is -0.114. The molecule has 0 bridgehead atoms. The minimum Gasteiger partial charge on any atom is -0.351 e. The van der Waals surface area contributed by atoms with Crippen LogP contribution in [0.2, 0.25) is 0 Å². The van der Waals surface area contributed by atoms with Gasteiger partial charge in [-0.3, -0.25) is 9.59 Å². The van der Waals surface area contributed by atoms with Crippen molar-refractivity contribution >= 4 is 30.1 Å². The van der Waals surface area contributed by atoms with Crippen LogP contribution in [0.25, 0.3) is 0 Å². The molecular formula is C11H14N2O2S. The van der Waals surface area contributed by atoms with Gasteiger partial charge < -0.3 is 10.6 Å². The van der Waals surface area contributed by atoms with Crippen LogP contribution in [0.3, 0.4) is 0 Å². The van der Waals surface area contributed by atoms with Crippen molar-refractivity contribution in [3.05, 3.63) is 29.8 Å². The molecule has 0 unspecified atom stereocenters. The number of anilines is 1. The molecule has 2 amide bonds. The van der Waals surface area contributed by atoms with E-state index in [9.17, 15) is 9.59 Å². The molecule has 0 spiro atoms. The summed E-state index contributed by atoms with van der Waals surface area (Å²) in [7, 11) is 0. The molecule has 0 heterocycles. The number of amides is 2. The van der Waals surface area contributed by atoms with Gasteiger partial charge in [0.25, 0.3) is 5.91 Å². The lowest BCUT2D eigenvalue weighted by Gasteiger charge is -2.06. The number of benzene rings is 1. The van der Waals surface area contributed by atoms with Gasteiger partial charge >= 0.3 is 0 Å². The molecule has 0 saturated carbocycles. The number of carbonyl (C=O) groups excluding carboxylic acids is 2. The third-order valence-corrected chi connectivity index (χ3v) is 2.07. The Balaban J connectivity index is 2.73. The van der Waals surface area contributed by atoms with E-state index in [1.54, 1.807) is 24.3 Å². The van der Waals surface area contributed by atoms with Gasteiger partial charge in [-0.05, 0) is 18.2 Å². The van der Waals surface area contributed by atoms with Crippen molar-refractivity contribution in [2.45, 2.75) is 6.92 Å². The number of thiol groups is 1. The van der Waals surface area contributed by atoms with Crippen LogP contribution in [-0.4, -0.2) is 24.1 Å². The van der Waals surface area contributed by atoms with Gasteiger partial charge in [-0.25, -0.2) is 0 Å². The molecule has 0 aliphatic rings. The van der Waals surface area contributed by atoms with Crippen molar-refractivity contribution in [1.29, 1.82) is 0 Å². The highest BCUT2D eigenvalue weighted by molar-refractivity contribution is 7.80. The molecule has 1 rings (SSSR count). The Morgan fingerprint density at radius 3 is 2.75 bits per heavy atom. The molecule has 0 saturated heterocycles. The molecule has 5 heteroatoms. The SMILES string of the molecule is CC(=O)Nc1cccc(C(=O)NCCS)c1. The summed E-state index contributed by atoms with van der Waals surface area (Å²) >= 11 is 4.00. The standard InChI is InChI=1S/C11H14N2O2S/c1-8(14)13-10-4-2-3-9(7-10)11(15)12-5-6-16/h2-4,7,16H,5-6H2,1H3,(H,12,15)(H,13,14). The molecule has 0 radical (unpaired) electrons. The van der Waals surface area contributed by atoms with E-state index in [1.165, 1.54) is 6.92 Å². The first kappa shape index (κ1) is 12.6. The average molecular weight is 238 g/mol. The minimum atomic E-state index is -0.166. The smallest absolute Gasteiger partial charge is 0.251 e. The van der Waals surface area contributed by atoms with Gasteiger partial charge in [0.1, 0.15) is 0 Å². The predicted octanol–water partition coefficient (Wildman–Crippen LogP) is 1.30. The lowest BCUT2D eigenvalue weighted by atomic mass is 10.2. The van der Waals surface area contributed by atoms with Crippen molar-refractivity contribution in [2.24, 2.45) is 0 Å². The maximum Gasteiger partial charge on any atom is 0.251 e. The Kier molecular flexibility index (Phi) is 4.85. The number of nitrogens with one attached hydrogen (secondary N) is 2. The van der Waals surface area contributed by atoms with Gasteiger partial charge in [-0.1, -0.05) is 6.07 Å². The van der Waals surface area contributed by atoms with E-state index in [-0.39, 0.29) is 11.8 Å². The van der Waals surface area contributed by atoms with Crippen LogP contribution < -0.4 is 10.6 Å². The maximum absolute atomic E-state index is 11.6. The molecule has 1 aromatic rings. The molecule has 0 aliphatic heterocycles. The first-order chi connectivity index (χ1) is 7.63. The monoisotopic (exact) mass is 238 g/mol. The van der Waals surface area contributed by atoms with Crippen LogP contribution in [0.1, 0.15) is 17.3 Å². The summed E-state index contributed by atoms with van der Waals surface area (Å²) in [6, 6.07) is 6.78. The quantitative estimate of drug-likeness (QED) is 0.693. The Morgan fingerprint density at radius 2 is 2.12 bits per heavy atom. The van der Waals surface area contributed by atoms with Gasteiger partial charge in [0, 0.05) is 30.5 Å². The summed E-state index contributed by atoms with van der Waals surface area (Å²) in [5.74, 6) is 0.270. The van der Waals surface area contributed by atoms with E-state index in [1.807, 2.05) is 0 Å². The predicted molar refractivity (Wildman–Crippen MR) is 66.9 cm³/mol. The Morgan fingerprint density at radius 1 is 1.38 bits per heavy atom. The van der Waals surface area contributed by atoms with E-state index in [0.29, 0.717) is 23.5 Å². The van der Waals surface area contributed by atoms with E-state index in [2.05, 4.69) is 23.3 Å². The van der Waals surface area contributed by atoms with Crippen molar-refractivity contribution in [2.75, 3.05) is 17.6 Å². The Labute approximate surface area is 99.8 Å². The molecule has 2 N–H and O–H groups in total. The normalized spacial score (nSPS) is 9.62. The van der Waals surface area contributed by atoms with E-state index in [4.69, 9.17) is 0 Å². The zero-order valence-corrected chi connectivity index (χ0v) is 9.88. The van der Waals surface area contributed by atoms with Crippen molar-refractivity contribution in [1.82, 2.24) is 5.32 Å². The van der Waals surface area contributed by atoms with Gasteiger partial charge in [0.2, 0.25) is 5.91 Å². The first-order valence-electron chi connectivity index (χ1n) is 4.90. The highest BCUT2D eigenvalue weighted by Crippen LogP contribution is 2.10. The van der Waals surface area contributed by atoms with Crippen molar-refractivity contribution < 1.29 is 9.59 Å². The van der Waals surface area contributed by atoms with Crippen molar-refractivity contribution in [3.63, 3.8) is 0 Å². The summed E-state index contributed by atoms with van der Waals surface area (Å²) in [5, 5.41) is 5.32. The zero-order chi connectivity index (χ0) is 12.0. The van der Waals surface area contributed by atoms with E-state index in [0.717, 1.165) is 0 Å². The zero-order valence-electron chi connectivity index (χ0n) is 8.99. The highest BCUT2D eigenvalue weighted by atomic mass is 32.1. The fourth-order valence-electron chi connectivity index (χ4n) is 1.21. The molecule has 1 aromatic carbocycles. The van der Waals surface area contributed by atoms with Crippen LogP contribution >= 0.6 is 12.6 Å². The van der Waals surface area contributed by atoms with Gasteiger partial charge in [0.05, 0.1) is 0 Å². The topological polar surface area (TPSA) is 58.2 Å². The molecule has 0 aliphatic carbocycles. The Hall–Kier alpha value is -1.49. The van der Waals surface area contributed by atoms with Crippen LogP contribution in [0.4, 0.5) is 5.69 Å². The number of carbonyl (C=O) groups is 2. The van der Waals surface area contributed by atoms with Crippen molar-refractivity contribution in [3.8, 4) is 0 Å². The molecule has 4 nitrogen and oxygen atoms in total. The average Bonchev–Trinajstić information content (AvgIpc) is 2.25. The van der Waals surface area contributed by atoms with E-state index < -0.39 is 0 Å². The molecule has 0 atom stereocenters. The second-order valence-corrected chi connectivity index (χ2v) is 3.69. The number of rotatable bonds is 4. The Bertz CT molecular complexity index is 393. The summed E-state index contributed by atoms with van der Waals surface area (Å²) in [5.41, 5.74) is 1.14. The van der Waals surface area contributed by atoms with Gasteiger partial charge in [-0.15, -0.1) is 0 Å². The largest absolute Gasteiger partial charge is 0.351 e. The summed E-state index contributed by atoms with van der Waals surface area (Å²) < 4.78 is 0. The third kappa shape index (κ3) is 3.94. The third-order valence-electron chi connectivity index (χ3n) is 1.84. The minimum absolute atomic E-state index is 0.159. The summed E-state index contributed by atoms with van der Waals surface area (Å²) in [6.07, 6.45) is 0. The van der Waals surface area contributed by atoms with Gasteiger partial charge in [-0.2, -0.15) is 12.6 Å². The number of hydrogen-bond donors (Lipinski definition) is 3. The molecular weight excluding hydrogens is 224 g/mol. The second-order valence-electron chi connectivity index (χ2n) is 3.24. The van der Waals surface area contributed by atoms with Crippen LogP contribution in [0, 0.1) is 0 Å². The fraction of sp³-hybridized carbons (Fsp3) is 0.273. The van der Waals surface area contributed by atoms with Gasteiger partial charge in [0.15, 0.2) is 0 Å². The summed E-state index contributed by atoms with van der Waals surface area (Å²) in [4.78, 5) is 22.4. The second kappa shape index (κ2) is 6.17. The first-order valence-corrected chi connectivity index (χ1v) is 5.53. The van der Waals surface area contributed by atoms with E-state index >= 15 is 0 Å². The van der Waals surface area contributed by atoms with Crippen LogP contribution in [0.15, 0.2) is 24.3 Å². The number of hydrogen-bond acceptors (Lipinski definition) is 3. The molecule has 0 fully saturated rings. The van der Waals surface area contributed by atoms with Crippen LogP contribution in [-0.2, 0) is 4.79 Å².